The molecule has 0 aliphatic rings. The maximum Gasteiger partial charge on any atom is 0.223 e. The number of nitrogens with one attached hydrogen (secondary N) is 1. The highest BCUT2D eigenvalue weighted by Crippen LogP contribution is 2.12. The van der Waals surface area contributed by atoms with Crippen LogP contribution in [0.1, 0.15) is 32.8 Å². The fraction of sp³-hybridized carbons (Fsp3) is 0.562. The first-order valence-corrected chi connectivity index (χ1v) is 7.41. The minimum Gasteiger partial charge on any atom is -0.494 e. The van der Waals surface area contributed by atoms with E-state index in [1.165, 1.54) is 5.56 Å². The molecule has 1 N–H and O–H groups in total. The van der Waals surface area contributed by atoms with Gasteiger partial charge in [0.1, 0.15) is 5.75 Å². The number of hydrogen-bond acceptors (Lipinski definition) is 3. The molecule has 0 bridgehead atoms. The Kier molecular flexibility index (Phi) is 7.73. The molecule has 1 aromatic rings. The van der Waals surface area contributed by atoms with Crippen LogP contribution in [-0.2, 0) is 11.3 Å². The van der Waals surface area contributed by atoms with Gasteiger partial charge in [-0.15, -0.1) is 0 Å². The van der Waals surface area contributed by atoms with Crippen LogP contribution in [0.5, 0.6) is 5.75 Å². The van der Waals surface area contributed by atoms with Crippen molar-refractivity contribution in [3.63, 3.8) is 0 Å². The summed E-state index contributed by atoms with van der Waals surface area (Å²) >= 11 is 0. The number of nitrogens with zero attached hydrogens (tertiary/aromatic N) is 1. The second-order valence-corrected chi connectivity index (χ2v) is 4.57. The van der Waals surface area contributed by atoms with Crippen LogP contribution in [0.3, 0.4) is 0 Å². The van der Waals surface area contributed by atoms with Crippen LogP contribution in [0, 0.1) is 0 Å². The maximum atomic E-state index is 11.8. The van der Waals surface area contributed by atoms with E-state index in [1.54, 1.807) is 0 Å². The van der Waals surface area contributed by atoms with Gasteiger partial charge in [-0.3, -0.25) is 4.79 Å². The molecular formula is C16H26N2O2. The van der Waals surface area contributed by atoms with E-state index in [2.05, 4.69) is 11.4 Å². The van der Waals surface area contributed by atoms with E-state index < -0.39 is 0 Å². The van der Waals surface area contributed by atoms with Crippen molar-refractivity contribution in [3.8, 4) is 5.75 Å². The van der Waals surface area contributed by atoms with Gasteiger partial charge in [-0.05, 0) is 38.5 Å². The summed E-state index contributed by atoms with van der Waals surface area (Å²) in [6.45, 7) is 9.69. The van der Waals surface area contributed by atoms with E-state index in [1.807, 2.05) is 43.9 Å². The molecule has 4 nitrogen and oxygen atoms in total. The lowest BCUT2D eigenvalue weighted by Crippen LogP contribution is -2.32. The Hall–Kier alpha value is -1.55. The molecule has 0 aliphatic carbocycles. The molecule has 0 atom stereocenters. The molecule has 1 rings (SSSR count). The zero-order chi connectivity index (χ0) is 14.8. The fourth-order valence-corrected chi connectivity index (χ4v) is 2.07. The predicted molar refractivity (Wildman–Crippen MR) is 81.9 cm³/mol. The average molecular weight is 278 g/mol. The van der Waals surface area contributed by atoms with Crippen molar-refractivity contribution in [2.75, 3.05) is 26.2 Å². The zero-order valence-electron chi connectivity index (χ0n) is 12.8. The smallest absolute Gasteiger partial charge is 0.223 e. The van der Waals surface area contributed by atoms with Crippen molar-refractivity contribution in [3.05, 3.63) is 29.8 Å². The van der Waals surface area contributed by atoms with Crippen molar-refractivity contribution in [1.82, 2.24) is 10.2 Å². The molecule has 112 valence electrons. The molecule has 0 aliphatic heterocycles. The van der Waals surface area contributed by atoms with Crippen LogP contribution >= 0.6 is 0 Å². The summed E-state index contributed by atoms with van der Waals surface area (Å²) in [7, 11) is 0. The van der Waals surface area contributed by atoms with Crippen LogP contribution in [0.15, 0.2) is 24.3 Å². The lowest BCUT2D eigenvalue weighted by Gasteiger charge is -2.18. The zero-order valence-corrected chi connectivity index (χ0v) is 12.8. The van der Waals surface area contributed by atoms with Gasteiger partial charge in [0.05, 0.1) is 6.61 Å². The Bertz CT molecular complexity index is 403. The highest BCUT2D eigenvalue weighted by atomic mass is 16.5. The van der Waals surface area contributed by atoms with Gasteiger partial charge in [0.25, 0.3) is 0 Å². The number of rotatable bonds is 9. The number of benzene rings is 1. The van der Waals surface area contributed by atoms with Crippen molar-refractivity contribution < 1.29 is 9.53 Å². The van der Waals surface area contributed by atoms with Crippen LogP contribution < -0.4 is 10.1 Å². The first-order chi connectivity index (χ1) is 9.71. The molecule has 1 aromatic carbocycles. The third-order valence-corrected chi connectivity index (χ3v) is 3.17. The molecule has 0 saturated carbocycles. The first-order valence-electron chi connectivity index (χ1n) is 7.41. The Morgan fingerprint density at radius 3 is 2.65 bits per heavy atom. The van der Waals surface area contributed by atoms with E-state index in [0.717, 1.165) is 25.4 Å². The maximum absolute atomic E-state index is 11.8. The van der Waals surface area contributed by atoms with E-state index in [-0.39, 0.29) is 5.91 Å². The third-order valence-electron chi connectivity index (χ3n) is 3.17. The molecule has 0 spiro atoms. The summed E-state index contributed by atoms with van der Waals surface area (Å²) in [5, 5.41) is 3.30. The molecule has 20 heavy (non-hydrogen) atoms. The standard InChI is InChI=1S/C16H26N2O2/c1-4-18(5-2)16(19)10-11-17-13-14-8-7-9-15(12-14)20-6-3/h7-9,12,17H,4-6,10-11,13H2,1-3H3. The van der Waals surface area contributed by atoms with Gasteiger partial charge < -0.3 is 15.0 Å². The van der Waals surface area contributed by atoms with Crippen LogP contribution in [0.25, 0.3) is 0 Å². The Labute approximate surface area is 122 Å². The molecule has 0 saturated heterocycles. The van der Waals surface area contributed by atoms with Crippen LogP contribution in [0.4, 0.5) is 0 Å². The quantitative estimate of drug-likeness (QED) is 0.705. The highest BCUT2D eigenvalue weighted by molar-refractivity contribution is 5.76. The first kappa shape index (κ1) is 16.5. The predicted octanol–water partition coefficient (Wildman–Crippen LogP) is 2.43. The number of hydrogen-bond donors (Lipinski definition) is 1. The summed E-state index contributed by atoms with van der Waals surface area (Å²) in [5.74, 6) is 1.11. The SMILES string of the molecule is CCOc1cccc(CNCCC(=O)N(CC)CC)c1. The number of carbonyl (C=O) groups excluding carboxylic acids is 1. The third kappa shape index (κ3) is 5.61. The normalized spacial score (nSPS) is 10.3. The lowest BCUT2D eigenvalue weighted by molar-refractivity contribution is -0.130. The van der Waals surface area contributed by atoms with Crippen LogP contribution in [0.2, 0.25) is 0 Å². The summed E-state index contributed by atoms with van der Waals surface area (Å²) in [5.41, 5.74) is 1.17. The topological polar surface area (TPSA) is 41.6 Å². The molecule has 0 aromatic heterocycles. The fourth-order valence-electron chi connectivity index (χ4n) is 2.07. The monoisotopic (exact) mass is 278 g/mol. The van der Waals surface area contributed by atoms with Gasteiger partial charge in [0.2, 0.25) is 5.91 Å². The van der Waals surface area contributed by atoms with Crippen molar-refractivity contribution in [1.29, 1.82) is 0 Å². The van der Waals surface area contributed by atoms with E-state index >= 15 is 0 Å². The molecular weight excluding hydrogens is 252 g/mol. The van der Waals surface area contributed by atoms with Crippen LogP contribution in [-0.4, -0.2) is 37.0 Å². The van der Waals surface area contributed by atoms with Gasteiger partial charge in [-0.2, -0.15) is 0 Å². The summed E-state index contributed by atoms with van der Waals surface area (Å²) in [6, 6.07) is 8.03. The summed E-state index contributed by atoms with van der Waals surface area (Å²) < 4.78 is 5.46. The van der Waals surface area contributed by atoms with Gasteiger partial charge in [-0.1, -0.05) is 12.1 Å². The molecule has 0 unspecified atom stereocenters. The molecule has 0 heterocycles. The van der Waals surface area contributed by atoms with E-state index in [4.69, 9.17) is 4.74 Å². The highest BCUT2D eigenvalue weighted by Gasteiger charge is 2.08. The van der Waals surface area contributed by atoms with Gasteiger partial charge in [0.15, 0.2) is 0 Å². The average Bonchev–Trinajstić information content (AvgIpc) is 2.46. The molecule has 0 radical (unpaired) electrons. The Morgan fingerprint density at radius 2 is 2.00 bits per heavy atom. The van der Waals surface area contributed by atoms with E-state index in [9.17, 15) is 4.79 Å². The minimum absolute atomic E-state index is 0.213. The Balaban J connectivity index is 2.30. The summed E-state index contributed by atoms with van der Waals surface area (Å²) in [6.07, 6.45) is 0.548. The second kappa shape index (κ2) is 9.37. The van der Waals surface area contributed by atoms with Crippen molar-refractivity contribution in [2.24, 2.45) is 0 Å². The van der Waals surface area contributed by atoms with Gasteiger partial charge >= 0.3 is 0 Å². The second-order valence-electron chi connectivity index (χ2n) is 4.57. The lowest BCUT2D eigenvalue weighted by atomic mass is 10.2. The van der Waals surface area contributed by atoms with Crippen molar-refractivity contribution >= 4 is 5.91 Å². The minimum atomic E-state index is 0.213. The Morgan fingerprint density at radius 1 is 1.25 bits per heavy atom. The molecule has 0 fully saturated rings. The number of carbonyl (C=O) groups is 1. The van der Waals surface area contributed by atoms with Crippen molar-refractivity contribution in [2.45, 2.75) is 33.7 Å². The number of ether oxygens (including phenoxy) is 1. The summed E-state index contributed by atoms with van der Waals surface area (Å²) in [4.78, 5) is 13.7. The molecule has 4 heteroatoms. The van der Waals surface area contributed by atoms with Gasteiger partial charge in [-0.25, -0.2) is 0 Å². The largest absolute Gasteiger partial charge is 0.494 e. The van der Waals surface area contributed by atoms with Gasteiger partial charge in [0, 0.05) is 32.6 Å². The number of amides is 1. The molecule has 1 amide bonds. The van der Waals surface area contributed by atoms with E-state index in [0.29, 0.717) is 19.6 Å².